The molecule has 0 aliphatic heterocycles. The SMILES string of the molecule is COC(CNC(=O)c1cccc2nccnc12)OC. The summed E-state index contributed by atoms with van der Waals surface area (Å²) in [5, 5.41) is 2.74. The summed E-state index contributed by atoms with van der Waals surface area (Å²) in [6, 6.07) is 5.29. The molecule has 1 aromatic heterocycles. The number of nitrogens with one attached hydrogen (secondary N) is 1. The number of fused-ring (bicyclic) bond motifs is 1. The van der Waals surface area contributed by atoms with Crippen LogP contribution in [0.25, 0.3) is 11.0 Å². The number of hydrogen-bond acceptors (Lipinski definition) is 5. The van der Waals surface area contributed by atoms with Crippen LogP contribution in [0, 0.1) is 0 Å². The fourth-order valence-corrected chi connectivity index (χ4v) is 1.71. The first-order valence-electron chi connectivity index (χ1n) is 5.79. The molecule has 1 heterocycles. The smallest absolute Gasteiger partial charge is 0.253 e. The Balaban J connectivity index is 2.17. The summed E-state index contributed by atoms with van der Waals surface area (Å²) in [4.78, 5) is 20.4. The first-order chi connectivity index (χ1) is 9.26. The quantitative estimate of drug-likeness (QED) is 0.812. The highest BCUT2D eigenvalue weighted by Gasteiger charge is 2.13. The Morgan fingerprint density at radius 2 is 2.00 bits per heavy atom. The van der Waals surface area contributed by atoms with Crippen molar-refractivity contribution in [3.63, 3.8) is 0 Å². The minimum absolute atomic E-state index is 0.231. The highest BCUT2D eigenvalue weighted by atomic mass is 16.7. The van der Waals surface area contributed by atoms with Crippen LogP contribution in [0.1, 0.15) is 10.4 Å². The molecule has 1 amide bonds. The van der Waals surface area contributed by atoms with E-state index < -0.39 is 6.29 Å². The van der Waals surface area contributed by atoms with E-state index in [0.717, 1.165) is 0 Å². The average molecular weight is 261 g/mol. The van der Waals surface area contributed by atoms with Gasteiger partial charge in [0.05, 0.1) is 17.6 Å². The summed E-state index contributed by atoms with van der Waals surface area (Å²) in [5.41, 5.74) is 1.75. The standard InChI is InChI=1S/C13H15N3O3/c1-18-11(19-2)8-16-13(17)9-4-3-5-10-12(9)15-7-6-14-10/h3-7,11H,8H2,1-2H3,(H,16,17). The molecule has 1 N–H and O–H groups in total. The van der Waals surface area contributed by atoms with Crippen LogP contribution in [0.3, 0.4) is 0 Å². The van der Waals surface area contributed by atoms with Crippen molar-refractivity contribution in [2.75, 3.05) is 20.8 Å². The molecule has 2 aromatic rings. The molecule has 0 atom stereocenters. The predicted octanol–water partition coefficient (Wildman–Crippen LogP) is 0.978. The maximum atomic E-state index is 12.1. The fourth-order valence-electron chi connectivity index (χ4n) is 1.71. The highest BCUT2D eigenvalue weighted by molar-refractivity contribution is 6.04. The molecule has 6 nitrogen and oxygen atoms in total. The normalized spacial score (nSPS) is 10.9. The van der Waals surface area contributed by atoms with Crippen LogP contribution in [-0.4, -0.2) is 42.9 Å². The van der Waals surface area contributed by atoms with E-state index >= 15 is 0 Å². The zero-order valence-corrected chi connectivity index (χ0v) is 10.8. The minimum Gasteiger partial charge on any atom is -0.354 e. The molecule has 0 fully saturated rings. The van der Waals surface area contributed by atoms with Crippen molar-refractivity contribution in [3.05, 3.63) is 36.2 Å². The first-order valence-corrected chi connectivity index (χ1v) is 5.79. The number of carbonyl (C=O) groups excluding carboxylic acids is 1. The molecule has 100 valence electrons. The van der Waals surface area contributed by atoms with E-state index in [1.54, 1.807) is 24.5 Å². The number of aromatic nitrogens is 2. The summed E-state index contributed by atoms with van der Waals surface area (Å²) < 4.78 is 10.0. The topological polar surface area (TPSA) is 73.3 Å². The maximum Gasteiger partial charge on any atom is 0.253 e. The van der Waals surface area contributed by atoms with Crippen molar-refractivity contribution in [1.82, 2.24) is 15.3 Å². The van der Waals surface area contributed by atoms with E-state index in [1.165, 1.54) is 14.2 Å². The van der Waals surface area contributed by atoms with Crippen LogP contribution >= 0.6 is 0 Å². The number of nitrogens with zero attached hydrogens (tertiary/aromatic N) is 2. The third kappa shape index (κ3) is 3.04. The van der Waals surface area contributed by atoms with Crippen LogP contribution in [0.15, 0.2) is 30.6 Å². The molecule has 19 heavy (non-hydrogen) atoms. The van der Waals surface area contributed by atoms with E-state index in [4.69, 9.17) is 9.47 Å². The number of ether oxygens (including phenoxy) is 2. The Bertz CT molecular complexity index is 565. The minimum atomic E-state index is -0.468. The molecule has 0 saturated carbocycles. The van der Waals surface area contributed by atoms with Gasteiger partial charge in [-0.2, -0.15) is 0 Å². The molecule has 0 saturated heterocycles. The van der Waals surface area contributed by atoms with Crippen molar-refractivity contribution < 1.29 is 14.3 Å². The van der Waals surface area contributed by atoms with Crippen LogP contribution in [-0.2, 0) is 9.47 Å². The number of benzene rings is 1. The van der Waals surface area contributed by atoms with Gasteiger partial charge in [-0.25, -0.2) is 0 Å². The predicted molar refractivity (Wildman–Crippen MR) is 69.7 cm³/mol. The van der Waals surface area contributed by atoms with E-state index in [2.05, 4.69) is 15.3 Å². The number of para-hydroxylation sites is 1. The Hall–Kier alpha value is -2.05. The van der Waals surface area contributed by atoms with Gasteiger partial charge in [0.1, 0.15) is 5.52 Å². The van der Waals surface area contributed by atoms with Crippen molar-refractivity contribution in [3.8, 4) is 0 Å². The lowest BCUT2D eigenvalue weighted by Gasteiger charge is -2.14. The van der Waals surface area contributed by atoms with Gasteiger partial charge in [0.2, 0.25) is 0 Å². The summed E-state index contributed by atoms with van der Waals surface area (Å²) in [5.74, 6) is -0.231. The van der Waals surface area contributed by atoms with Gasteiger partial charge in [-0.1, -0.05) is 6.07 Å². The number of hydrogen-bond donors (Lipinski definition) is 1. The lowest BCUT2D eigenvalue weighted by Crippen LogP contribution is -2.34. The Labute approximate surface area is 110 Å². The zero-order chi connectivity index (χ0) is 13.7. The molecule has 0 unspecified atom stereocenters. The third-order valence-corrected chi connectivity index (χ3v) is 2.70. The van der Waals surface area contributed by atoms with E-state index in [9.17, 15) is 4.79 Å². The molecule has 0 aliphatic carbocycles. The monoisotopic (exact) mass is 261 g/mol. The van der Waals surface area contributed by atoms with Gasteiger partial charge >= 0.3 is 0 Å². The van der Waals surface area contributed by atoms with Gasteiger partial charge < -0.3 is 14.8 Å². The first kappa shape index (κ1) is 13.4. The van der Waals surface area contributed by atoms with Crippen molar-refractivity contribution >= 4 is 16.9 Å². The number of carbonyl (C=O) groups is 1. The van der Waals surface area contributed by atoms with Crippen molar-refractivity contribution in [2.24, 2.45) is 0 Å². The summed E-state index contributed by atoms with van der Waals surface area (Å²) in [6.07, 6.45) is 2.69. The second-order valence-corrected chi connectivity index (χ2v) is 3.84. The molecule has 0 radical (unpaired) electrons. The van der Waals surface area contributed by atoms with Gasteiger partial charge in [-0.3, -0.25) is 14.8 Å². The summed E-state index contributed by atoms with van der Waals surface area (Å²) >= 11 is 0. The lowest BCUT2D eigenvalue weighted by atomic mass is 10.1. The number of methoxy groups -OCH3 is 2. The molecule has 2 rings (SSSR count). The van der Waals surface area contributed by atoms with Crippen LogP contribution in [0.2, 0.25) is 0 Å². The Morgan fingerprint density at radius 1 is 1.26 bits per heavy atom. The van der Waals surface area contributed by atoms with Gasteiger partial charge in [0.15, 0.2) is 6.29 Å². The molecule has 1 aromatic carbocycles. The van der Waals surface area contributed by atoms with E-state index in [-0.39, 0.29) is 12.5 Å². The average Bonchev–Trinajstić information content (AvgIpc) is 2.47. The highest BCUT2D eigenvalue weighted by Crippen LogP contribution is 2.13. The van der Waals surface area contributed by atoms with Crippen LogP contribution in [0.4, 0.5) is 0 Å². The Kier molecular flexibility index (Phi) is 4.38. The molecular weight excluding hydrogens is 246 g/mol. The molecule has 0 aliphatic rings. The largest absolute Gasteiger partial charge is 0.354 e. The summed E-state index contributed by atoms with van der Waals surface area (Å²) in [6.45, 7) is 0.266. The lowest BCUT2D eigenvalue weighted by molar-refractivity contribution is -0.0974. The van der Waals surface area contributed by atoms with Crippen LogP contribution in [0.5, 0.6) is 0 Å². The Morgan fingerprint density at radius 3 is 2.74 bits per heavy atom. The van der Waals surface area contributed by atoms with Gasteiger partial charge in [0, 0.05) is 26.6 Å². The zero-order valence-electron chi connectivity index (χ0n) is 10.8. The second kappa shape index (κ2) is 6.21. The molecule has 0 bridgehead atoms. The maximum absolute atomic E-state index is 12.1. The number of amides is 1. The van der Waals surface area contributed by atoms with Crippen LogP contribution < -0.4 is 5.32 Å². The molecule has 0 spiro atoms. The molecular formula is C13H15N3O3. The number of rotatable bonds is 5. The molecule has 6 heteroatoms. The third-order valence-electron chi connectivity index (χ3n) is 2.70. The summed E-state index contributed by atoms with van der Waals surface area (Å²) in [7, 11) is 3.04. The van der Waals surface area contributed by atoms with Gasteiger partial charge in [-0.15, -0.1) is 0 Å². The van der Waals surface area contributed by atoms with E-state index in [1.807, 2.05) is 6.07 Å². The van der Waals surface area contributed by atoms with E-state index in [0.29, 0.717) is 16.6 Å². The second-order valence-electron chi connectivity index (χ2n) is 3.84. The van der Waals surface area contributed by atoms with Gasteiger partial charge in [0.25, 0.3) is 5.91 Å². The fraction of sp³-hybridized carbons (Fsp3) is 0.308. The van der Waals surface area contributed by atoms with Gasteiger partial charge in [-0.05, 0) is 12.1 Å². The van der Waals surface area contributed by atoms with Crippen molar-refractivity contribution in [2.45, 2.75) is 6.29 Å². The van der Waals surface area contributed by atoms with Crippen molar-refractivity contribution in [1.29, 1.82) is 0 Å².